The molecule has 4 rings (SSSR count). The van der Waals surface area contributed by atoms with Crippen molar-refractivity contribution < 1.29 is 45.0 Å². The molecule has 0 saturated heterocycles. The topological polar surface area (TPSA) is 115 Å². The molecule has 236 valence electrons. The number of anilines is 1. The van der Waals surface area contributed by atoms with Crippen LogP contribution in [0.5, 0.6) is 17.2 Å². The molecule has 4 aromatic rings. The Hall–Kier alpha value is -5.11. The van der Waals surface area contributed by atoms with E-state index < -0.39 is 27.7 Å². The van der Waals surface area contributed by atoms with Crippen LogP contribution >= 0.6 is 0 Å². The van der Waals surface area contributed by atoms with Crippen LogP contribution in [-0.2, 0) is 16.2 Å². The van der Waals surface area contributed by atoms with Gasteiger partial charge in [-0.15, -0.1) is 0 Å². The third-order valence-corrected chi connectivity index (χ3v) is 7.30. The monoisotopic (exact) mass is 645 g/mol. The van der Waals surface area contributed by atoms with Crippen molar-refractivity contribution in [3.63, 3.8) is 0 Å². The van der Waals surface area contributed by atoms with E-state index >= 15 is 0 Å². The van der Waals surface area contributed by atoms with Crippen molar-refractivity contribution >= 4 is 27.8 Å². The average molecular weight is 646 g/mol. The molecule has 4 aromatic carbocycles. The lowest BCUT2D eigenvalue weighted by Crippen LogP contribution is -2.19. The number of hydrogen-bond acceptors (Lipinski definition) is 7. The normalized spacial score (nSPS) is 11.7. The minimum absolute atomic E-state index is 0.0549. The van der Waals surface area contributed by atoms with Crippen LogP contribution in [0, 0.1) is 5.82 Å². The third-order valence-electron chi connectivity index (χ3n) is 5.92. The van der Waals surface area contributed by atoms with Gasteiger partial charge in [-0.25, -0.2) is 18.2 Å². The Balaban J connectivity index is 1.36. The van der Waals surface area contributed by atoms with Crippen LogP contribution in [0.4, 0.5) is 23.2 Å². The second-order valence-corrected chi connectivity index (χ2v) is 10.9. The summed E-state index contributed by atoms with van der Waals surface area (Å²) in [7, 11) is -4.32. The van der Waals surface area contributed by atoms with Crippen LogP contribution in [0.15, 0.2) is 101 Å². The molecule has 0 bridgehead atoms. The molecule has 0 aliphatic rings. The molecular formula is C31H27F4N3O6S. The van der Waals surface area contributed by atoms with Gasteiger partial charge in [-0.1, -0.05) is 12.1 Å². The van der Waals surface area contributed by atoms with Gasteiger partial charge in [0.05, 0.1) is 23.3 Å². The summed E-state index contributed by atoms with van der Waals surface area (Å²) in [6, 6.07) is 19.2. The number of carbonyl (C=O) groups excluding carboxylic acids is 1. The van der Waals surface area contributed by atoms with Crippen LogP contribution < -0.4 is 24.4 Å². The van der Waals surface area contributed by atoms with Gasteiger partial charge in [-0.05, 0) is 91.3 Å². The lowest BCUT2D eigenvalue weighted by Gasteiger charge is -2.13. The number of hydrazone groups is 1. The zero-order valence-electron chi connectivity index (χ0n) is 23.7. The van der Waals surface area contributed by atoms with Gasteiger partial charge >= 0.3 is 6.18 Å². The van der Waals surface area contributed by atoms with Gasteiger partial charge in [-0.2, -0.15) is 18.3 Å². The molecule has 14 heteroatoms. The molecule has 0 aromatic heterocycles. The smallest absolute Gasteiger partial charge is 0.416 e. The fraction of sp³-hybridized carbons (Fsp3) is 0.161. The van der Waals surface area contributed by atoms with Crippen molar-refractivity contribution in [1.82, 2.24) is 5.43 Å². The zero-order chi connectivity index (χ0) is 32.5. The van der Waals surface area contributed by atoms with Gasteiger partial charge in [0.25, 0.3) is 15.9 Å². The molecule has 0 aliphatic carbocycles. The number of alkyl halides is 3. The fourth-order valence-electron chi connectivity index (χ4n) is 3.84. The molecule has 9 nitrogen and oxygen atoms in total. The van der Waals surface area contributed by atoms with Crippen LogP contribution in [0.25, 0.3) is 0 Å². The molecule has 0 heterocycles. The summed E-state index contributed by atoms with van der Waals surface area (Å²) < 4.78 is 96.7. The molecule has 45 heavy (non-hydrogen) atoms. The van der Waals surface area contributed by atoms with Crippen molar-refractivity contribution in [2.24, 2.45) is 5.10 Å². The minimum atomic E-state index is -4.65. The predicted octanol–water partition coefficient (Wildman–Crippen LogP) is 6.27. The number of amides is 1. The molecular weight excluding hydrogens is 618 g/mol. The van der Waals surface area contributed by atoms with Crippen LogP contribution in [0.3, 0.4) is 0 Å². The Bertz CT molecular complexity index is 1760. The number of sulfonamides is 1. The van der Waals surface area contributed by atoms with Gasteiger partial charge < -0.3 is 14.2 Å². The Morgan fingerprint density at radius 1 is 0.867 bits per heavy atom. The van der Waals surface area contributed by atoms with Crippen molar-refractivity contribution in [3.05, 3.63) is 114 Å². The SMILES string of the molecule is CCOc1cc(C=NNC(=O)c2cccc(S(=O)(=O)Nc3cccc(C(F)(F)F)c3)c2)ccc1OCCOc1ccc(F)cc1. The first-order valence-corrected chi connectivity index (χ1v) is 14.8. The molecule has 1 amide bonds. The van der Waals surface area contributed by atoms with E-state index in [1.165, 1.54) is 54.7 Å². The largest absolute Gasteiger partial charge is 0.490 e. The molecule has 0 fully saturated rings. The number of hydrogen-bond donors (Lipinski definition) is 2. The van der Waals surface area contributed by atoms with Crippen LogP contribution in [-0.4, -0.2) is 40.4 Å². The maximum absolute atomic E-state index is 13.0. The molecule has 0 radical (unpaired) electrons. The highest BCUT2D eigenvalue weighted by Gasteiger charge is 2.30. The van der Waals surface area contributed by atoms with Gasteiger partial charge in [0.2, 0.25) is 0 Å². The minimum Gasteiger partial charge on any atom is -0.490 e. The van der Waals surface area contributed by atoms with E-state index in [0.29, 0.717) is 35.5 Å². The number of benzene rings is 4. The summed E-state index contributed by atoms with van der Waals surface area (Å²) in [5.41, 5.74) is 1.50. The summed E-state index contributed by atoms with van der Waals surface area (Å²) in [5.74, 6) is 0.265. The highest BCUT2D eigenvalue weighted by Crippen LogP contribution is 2.31. The van der Waals surface area contributed by atoms with Gasteiger partial charge in [0, 0.05) is 11.3 Å². The lowest BCUT2D eigenvalue weighted by molar-refractivity contribution is -0.137. The Morgan fingerprint density at radius 2 is 1.60 bits per heavy atom. The first-order chi connectivity index (χ1) is 21.4. The van der Waals surface area contributed by atoms with E-state index in [9.17, 15) is 30.8 Å². The van der Waals surface area contributed by atoms with E-state index in [2.05, 4.69) is 15.2 Å². The number of rotatable bonds is 13. The van der Waals surface area contributed by atoms with Crippen LogP contribution in [0.2, 0.25) is 0 Å². The summed E-state index contributed by atoms with van der Waals surface area (Å²) in [5, 5.41) is 3.92. The third kappa shape index (κ3) is 9.44. The van der Waals surface area contributed by atoms with E-state index in [1.807, 2.05) is 0 Å². The second-order valence-electron chi connectivity index (χ2n) is 9.20. The summed E-state index contributed by atoms with van der Waals surface area (Å²) in [6.45, 7) is 2.54. The highest BCUT2D eigenvalue weighted by atomic mass is 32.2. The second kappa shape index (κ2) is 14.6. The standard InChI is InChI=1S/C31H27F4N3O6S/c1-2-42-29-17-21(9-14-28(29)44-16-15-43-26-12-10-24(32)11-13-26)20-36-37-30(39)22-5-3-8-27(18-22)45(40,41)38-25-7-4-6-23(19-25)31(33,34)35/h3-14,17-20,38H,2,15-16H2,1H3,(H,37,39). The number of nitrogens with one attached hydrogen (secondary N) is 2. The number of carbonyl (C=O) groups is 1. The van der Waals surface area contributed by atoms with E-state index in [0.717, 1.165) is 18.2 Å². The zero-order valence-corrected chi connectivity index (χ0v) is 24.5. The summed E-state index contributed by atoms with van der Waals surface area (Å²) >= 11 is 0. The predicted molar refractivity (Wildman–Crippen MR) is 159 cm³/mol. The Kier molecular flexibility index (Phi) is 10.6. The first kappa shape index (κ1) is 32.8. The fourth-order valence-corrected chi connectivity index (χ4v) is 4.94. The summed E-state index contributed by atoms with van der Waals surface area (Å²) in [4.78, 5) is 12.3. The van der Waals surface area contributed by atoms with E-state index in [-0.39, 0.29) is 35.2 Å². The van der Waals surface area contributed by atoms with Crippen molar-refractivity contribution in [2.75, 3.05) is 24.5 Å². The maximum atomic E-state index is 13.0. The van der Waals surface area contributed by atoms with E-state index in [4.69, 9.17) is 14.2 Å². The molecule has 0 saturated carbocycles. The van der Waals surface area contributed by atoms with Crippen molar-refractivity contribution in [1.29, 1.82) is 0 Å². The highest BCUT2D eigenvalue weighted by molar-refractivity contribution is 7.92. The summed E-state index contributed by atoms with van der Waals surface area (Å²) in [6.07, 6.45) is -3.31. The van der Waals surface area contributed by atoms with E-state index in [1.54, 1.807) is 25.1 Å². The Morgan fingerprint density at radius 3 is 2.33 bits per heavy atom. The van der Waals surface area contributed by atoms with Gasteiger partial charge in [0.1, 0.15) is 24.8 Å². The molecule has 0 spiro atoms. The molecule has 2 N–H and O–H groups in total. The van der Waals surface area contributed by atoms with Crippen LogP contribution in [0.1, 0.15) is 28.4 Å². The van der Waals surface area contributed by atoms with Gasteiger partial charge in [-0.3, -0.25) is 9.52 Å². The molecule has 0 atom stereocenters. The quantitative estimate of drug-likeness (QED) is 0.0767. The number of halogens is 4. The lowest BCUT2D eigenvalue weighted by atomic mass is 10.2. The molecule has 0 unspecified atom stereocenters. The molecule has 0 aliphatic heterocycles. The Labute approximate surface area is 256 Å². The van der Waals surface area contributed by atoms with Gasteiger partial charge in [0.15, 0.2) is 11.5 Å². The maximum Gasteiger partial charge on any atom is 0.416 e. The number of nitrogens with zero attached hydrogens (tertiary/aromatic N) is 1. The number of ether oxygens (including phenoxy) is 3. The van der Waals surface area contributed by atoms with Crippen molar-refractivity contribution in [3.8, 4) is 17.2 Å². The first-order valence-electron chi connectivity index (χ1n) is 13.4. The average Bonchev–Trinajstić information content (AvgIpc) is 3.01. The van der Waals surface area contributed by atoms with Crippen molar-refractivity contribution in [2.45, 2.75) is 18.0 Å².